The van der Waals surface area contributed by atoms with E-state index in [1.807, 2.05) is 7.05 Å². The number of amides is 1. The van der Waals surface area contributed by atoms with Gasteiger partial charge in [0.2, 0.25) is 5.91 Å². The first-order valence-electron chi connectivity index (χ1n) is 7.85. The number of nitriles is 1. The van der Waals surface area contributed by atoms with Crippen molar-refractivity contribution < 1.29 is 14.3 Å². The highest BCUT2D eigenvalue weighted by Crippen LogP contribution is 2.10. The molecule has 1 aromatic rings. The fraction of sp³-hybridized carbons (Fsp3) is 0.529. The van der Waals surface area contributed by atoms with Crippen LogP contribution in [0.5, 0.6) is 0 Å². The van der Waals surface area contributed by atoms with Gasteiger partial charge in [-0.2, -0.15) is 5.26 Å². The molecule has 1 aromatic carbocycles. The van der Waals surface area contributed by atoms with Gasteiger partial charge in [-0.05, 0) is 44.3 Å². The minimum absolute atomic E-state index is 0.0136. The minimum Gasteiger partial charge on any atom is -0.376 e. The Labute approximate surface area is 137 Å². The van der Waals surface area contributed by atoms with Crippen LogP contribution in [0.4, 0.5) is 5.69 Å². The van der Waals surface area contributed by atoms with Crippen molar-refractivity contribution in [2.45, 2.75) is 18.9 Å². The number of carbonyl (C=O) groups is 1. The van der Waals surface area contributed by atoms with Crippen molar-refractivity contribution in [2.75, 3.05) is 45.3 Å². The second-order valence-corrected chi connectivity index (χ2v) is 5.67. The van der Waals surface area contributed by atoms with E-state index >= 15 is 0 Å². The van der Waals surface area contributed by atoms with Crippen LogP contribution >= 0.6 is 0 Å². The minimum atomic E-state index is -0.0136. The van der Waals surface area contributed by atoms with Gasteiger partial charge in [0.05, 0.1) is 37.6 Å². The predicted octanol–water partition coefficient (Wildman–Crippen LogP) is 1.62. The van der Waals surface area contributed by atoms with E-state index in [1.165, 1.54) is 0 Å². The van der Waals surface area contributed by atoms with E-state index in [2.05, 4.69) is 16.3 Å². The smallest absolute Gasteiger partial charge is 0.224 e. The summed E-state index contributed by atoms with van der Waals surface area (Å²) in [6.07, 6.45) is 1.37. The molecule has 1 aliphatic heterocycles. The zero-order chi connectivity index (χ0) is 16.5. The molecule has 1 N–H and O–H groups in total. The van der Waals surface area contributed by atoms with Crippen LogP contribution < -0.4 is 5.32 Å². The molecule has 1 amide bonds. The number of hydrogen-bond acceptors (Lipinski definition) is 5. The normalized spacial score (nSPS) is 17.7. The lowest BCUT2D eigenvalue weighted by Gasteiger charge is -2.27. The number of carbonyl (C=O) groups excluding carboxylic acids is 1. The summed E-state index contributed by atoms with van der Waals surface area (Å²) in [5.41, 5.74) is 1.30. The van der Waals surface area contributed by atoms with Crippen LogP contribution in [0.25, 0.3) is 0 Å². The topological polar surface area (TPSA) is 74.6 Å². The summed E-state index contributed by atoms with van der Waals surface area (Å²) in [5, 5.41) is 11.6. The maximum absolute atomic E-state index is 11.9. The SMILES string of the molecule is CN(CCCC(=O)Nc1ccc(C#N)cc1)C[C@@H]1COCCO1. The third kappa shape index (κ3) is 6.37. The molecule has 1 aliphatic rings. The molecule has 0 bridgehead atoms. The van der Waals surface area contributed by atoms with Gasteiger partial charge in [-0.3, -0.25) is 4.79 Å². The van der Waals surface area contributed by atoms with Gasteiger partial charge in [0.1, 0.15) is 0 Å². The standard InChI is InChI=1S/C17H23N3O3/c1-20(12-16-13-22-9-10-23-16)8-2-3-17(21)19-15-6-4-14(11-18)5-7-15/h4-7,16H,2-3,8-10,12-13H2,1H3,(H,19,21)/t16-/m1/s1. The van der Waals surface area contributed by atoms with E-state index in [4.69, 9.17) is 14.7 Å². The molecule has 2 rings (SSSR count). The van der Waals surface area contributed by atoms with E-state index in [9.17, 15) is 4.79 Å². The summed E-state index contributed by atoms with van der Waals surface area (Å²) in [7, 11) is 2.02. The summed E-state index contributed by atoms with van der Waals surface area (Å²) < 4.78 is 11.0. The molecule has 6 nitrogen and oxygen atoms in total. The lowest BCUT2D eigenvalue weighted by molar-refractivity contribution is -0.116. The van der Waals surface area contributed by atoms with Crippen molar-refractivity contribution in [1.29, 1.82) is 5.26 Å². The monoisotopic (exact) mass is 317 g/mol. The number of nitrogens with zero attached hydrogens (tertiary/aromatic N) is 2. The van der Waals surface area contributed by atoms with Gasteiger partial charge in [-0.1, -0.05) is 0 Å². The van der Waals surface area contributed by atoms with Crippen molar-refractivity contribution in [2.24, 2.45) is 0 Å². The molecule has 1 heterocycles. The molecule has 0 unspecified atom stereocenters. The Hall–Kier alpha value is -1.94. The Morgan fingerprint density at radius 1 is 1.39 bits per heavy atom. The van der Waals surface area contributed by atoms with Crippen LogP contribution in [0.3, 0.4) is 0 Å². The fourth-order valence-corrected chi connectivity index (χ4v) is 2.44. The highest BCUT2D eigenvalue weighted by atomic mass is 16.6. The third-order valence-corrected chi connectivity index (χ3v) is 3.64. The Kier molecular flexibility index (Phi) is 7.01. The first kappa shape index (κ1) is 17.4. The van der Waals surface area contributed by atoms with E-state index in [-0.39, 0.29) is 12.0 Å². The molecule has 0 spiro atoms. The highest BCUT2D eigenvalue weighted by molar-refractivity contribution is 5.90. The summed E-state index contributed by atoms with van der Waals surface area (Å²) >= 11 is 0. The molecule has 6 heteroatoms. The second-order valence-electron chi connectivity index (χ2n) is 5.67. The molecule has 0 aliphatic carbocycles. The summed E-state index contributed by atoms with van der Waals surface area (Å²) in [6, 6.07) is 8.91. The van der Waals surface area contributed by atoms with Crippen LogP contribution in [0, 0.1) is 11.3 Å². The first-order valence-corrected chi connectivity index (χ1v) is 7.85. The number of benzene rings is 1. The van der Waals surface area contributed by atoms with Gasteiger partial charge in [-0.25, -0.2) is 0 Å². The summed E-state index contributed by atoms with van der Waals surface area (Å²) in [6.45, 7) is 3.63. The summed E-state index contributed by atoms with van der Waals surface area (Å²) in [5.74, 6) is -0.0136. The molecule has 1 saturated heterocycles. The molecule has 23 heavy (non-hydrogen) atoms. The predicted molar refractivity (Wildman–Crippen MR) is 87.1 cm³/mol. The van der Waals surface area contributed by atoms with Crippen molar-refractivity contribution >= 4 is 11.6 Å². The second kappa shape index (κ2) is 9.26. The van der Waals surface area contributed by atoms with E-state index in [0.717, 1.165) is 25.2 Å². The Morgan fingerprint density at radius 3 is 2.83 bits per heavy atom. The zero-order valence-corrected chi connectivity index (χ0v) is 13.5. The molecule has 0 radical (unpaired) electrons. The quantitative estimate of drug-likeness (QED) is 0.827. The van der Waals surface area contributed by atoms with Crippen molar-refractivity contribution in [3.63, 3.8) is 0 Å². The number of hydrogen-bond donors (Lipinski definition) is 1. The Bertz CT molecular complexity index is 533. The van der Waals surface area contributed by atoms with Crippen LogP contribution in [-0.2, 0) is 14.3 Å². The number of anilines is 1. The summed E-state index contributed by atoms with van der Waals surface area (Å²) in [4.78, 5) is 14.1. The molecule has 1 fully saturated rings. The maximum atomic E-state index is 11.9. The van der Waals surface area contributed by atoms with Gasteiger partial charge in [0, 0.05) is 18.7 Å². The maximum Gasteiger partial charge on any atom is 0.224 e. The average molecular weight is 317 g/mol. The molecule has 0 aromatic heterocycles. The largest absolute Gasteiger partial charge is 0.376 e. The van der Waals surface area contributed by atoms with Crippen LogP contribution in [-0.4, -0.2) is 56.9 Å². The zero-order valence-electron chi connectivity index (χ0n) is 13.5. The number of nitrogens with one attached hydrogen (secondary N) is 1. The number of rotatable bonds is 7. The van der Waals surface area contributed by atoms with Gasteiger partial charge >= 0.3 is 0 Å². The third-order valence-electron chi connectivity index (χ3n) is 3.64. The molecule has 0 saturated carbocycles. The van der Waals surface area contributed by atoms with Gasteiger partial charge in [-0.15, -0.1) is 0 Å². The molecule has 124 valence electrons. The Morgan fingerprint density at radius 2 is 2.17 bits per heavy atom. The molecular weight excluding hydrogens is 294 g/mol. The lowest BCUT2D eigenvalue weighted by atomic mass is 10.2. The van der Waals surface area contributed by atoms with Crippen LogP contribution in [0.15, 0.2) is 24.3 Å². The van der Waals surface area contributed by atoms with Crippen LogP contribution in [0.1, 0.15) is 18.4 Å². The first-order chi connectivity index (χ1) is 11.2. The van der Waals surface area contributed by atoms with Crippen molar-refractivity contribution in [3.05, 3.63) is 29.8 Å². The lowest BCUT2D eigenvalue weighted by Crippen LogP contribution is -2.38. The Balaban J connectivity index is 1.62. The van der Waals surface area contributed by atoms with E-state index in [1.54, 1.807) is 24.3 Å². The molecule has 1 atom stereocenters. The van der Waals surface area contributed by atoms with E-state index < -0.39 is 0 Å². The van der Waals surface area contributed by atoms with Gasteiger partial charge in [0.15, 0.2) is 0 Å². The molecular formula is C17H23N3O3. The van der Waals surface area contributed by atoms with Gasteiger partial charge < -0.3 is 19.7 Å². The average Bonchev–Trinajstić information content (AvgIpc) is 2.56. The number of likely N-dealkylation sites (N-methyl/N-ethyl adjacent to an activating group) is 1. The van der Waals surface area contributed by atoms with E-state index in [0.29, 0.717) is 31.8 Å². The van der Waals surface area contributed by atoms with Crippen molar-refractivity contribution in [3.8, 4) is 6.07 Å². The van der Waals surface area contributed by atoms with Gasteiger partial charge in [0.25, 0.3) is 0 Å². The van der Waals surface area contributed by atoms with Crippen molar-refractivity contribution in [1.82, 2.24) is 4.90 Å². The van der Waals surface area contributed by atoms with Crippen LogP contribution in [0.2, 0.25) is 0 Å². The fourth-order valence-electron chi connectivity index (χ4n) is 2.44. The highest BCUT2D eigenvalue weighted by Gasteiger charge is 2.16. The number of ether oxygens (including phenoxy) is 2.